The van der Waals surface area contributed by atoms with Crippen LogP contribution in [0.3, 0.4) is 0 Å². The summed E-state index contributed by atoms with van der Waals surface area (Å²) in [5.41, 5.74) is 0.335. The van der Waals surface area contributed by atoms with Gasteiger partial charge >= 0.3 is 6.18 Å². The largest absolute Gasteiger partial charge is 0.416 e. The van der Waals surface area contributed by atoms with Gasteiger partial charge in [0.2, 0.25) is 0 Å². The number of benzene rings is 1. The van der Waals surface area contributed by atoms with Crippen molar-refractivity contribution >= 4 is 60.6 Å². The van der Waals surface area contributed by atoms with Gasteiger partial charge in [-0.25, -0.2) is 4.68 Å². The minimum Gasteiger partial charge on any atom is -0.236 e. The number of hydrogen-bond donors (Lipinski definition) is 0. The molecule has 0 saturated heterocycles. The first kappa shape index (κ1) is 19.3. The predicted octanol–water partition coefficient (Wildman–Crippen LogP) is 6.55. The highest BCUT2D eigenvalue weighted by atomic mass is 79.9. The number of alkyl halides is 3. The Labute approximate surface area is 161 Å². The standard InChI is InChI=1S/C14H6Br2Cl2F3N3/c1-6(13(15)16)8-5-24(23-11(8)4-22)12-9(17)2-7(3-10(12)18)14(19,20)21/h2-3,5H,1H3. The van der Waals surface area contributed by atoms with Crippen molar-refractivity contribution in [3.63, 3.8) is 0 Å². The molecule has 1 heterocycles. The number of rotatable bonds is 2. The van der Waals surface area contributed by atoms with Gasteiger partial charge in [0.25, 0.3) is 0 Å². The maximum absolute atomic E-state index is 12.8. The van der Waals surface area contributed by atoms with Crippen LogP contribution in [0.5, 0.6) is 0 Å². The van der Waals surface area contributed by atoms with Gasteiger partial charge in [0, 0.05) is 11.8 Å². The van der Waals surface area contributed by atoms with E-state index in [9.17, 15) is 18.4 Å². The molecule has 0 atom stereocenters. The van der Waals surface area contributed by atoms with Crippen LogP contribution >= 0.6 is 55.1 Å². The molecule has 3 nitrogen and oxygen atoms in total. The van der Waals surface area contributed by atoms with Gasteiger partial charge in [0.05, 0.1) is 19.0 Å². The molecule has 0 unspecified atom stereocenters. The number of aromatic nitrogens is 2. The molecule has 1 aromatic carbocycles. The molecule has 0 spiro atoms. The lowest BCUT2D eigenvalue weighted by atomic mass is 10.1. The van der Waals surface area contributed by atoms with E-state index in [0.717, 1.165) is 12.1 Å². The third-order valence-electron chi connectivity index (χ3n) is 3.08. The molecule has 0 radical (unpaired) electrons. The maximum atomic E-state index is 12.8. The van der Waals surface area contributed by atoms with Crippen molar-refractivity contribution in [3.05, 3.63) is 48.6 Å². The van der Waals surface area contributed by atoms with Gasteiger partial charge in [0.1, 0.15) is 11.8 Å². The normalized spacial score (nSPS) is 11.3. The molecular weight excluding hydrogens is 498 g/mol. The van der Waals surface area contributed by atoms with Gasteiger partial charge < -0.3 is 0 Å². The zero-order valence-electron chi connectivity index (χ0n) is 11.7. The van der Waals surface area contributed by atoms with Crippen molar-refractivity contribution in [2.45, 2.75) is 13.1 Å². The summed E-state index contributed by atoms with van der Waals surface area (Å²) in [6.07, 6.45) is -3.10. The summed E-state index contributed by atoms with van der Waals surface area (Å²) < 4.78 is 40.2. The van der Waals surface area contributed by atoms with Gasteiger partial charge in [-0.15, -0.1) is 0 Å². The Bertz CT molecular complexity index is 855. The van der Waals surface area contributed by atoms with E-state index in [4.69, 9.17) is 23.2 Å². The molecule has 2 rings (SSSR count). The zero-order valence-corrected chi connectivity index (χ0v) is 16.4. The van der Waals surface area contributed by atoms with Crippen molar-refractivity contribution in [2.24, 2.45) is 0 Å². The van der Waals surface area contributed by atoms with E-state index in [0.29, 0.717) is 14.5 Å². The Kier molecular flexibility index (Phi) is 5.70. The SMILES string of the molecule is CC(=C(Br)Br)c1cn(-c2c(Cl)cc(C(F)(F)F)cc2Cl)nc1C#N. The summed E-state index contributed by atoms with van der Waals surface area (Å²) in [5.74, 6) is 0. The lowest BCUT2D eigenvalue weighted by Gasteiger charge is -2.12. The Morgan fingerprint density at radius 3 is 2.21 bits per heavy atom. The molecule has 126 valence electrons. The molecule has 0 fully saturated rings. The summed E-state index contributed by atoms with van der Waals surface area (Å²) in [4.78, 5) is 0. The molecular formula is C14H6Br2Cl2F3N3. The van der Waals surface area contributed by atoms with Crippen LogP contribution in [0, 0.1) is 11.3 Å². The Morgan fingerprint density at radius 2 is 1.79 bits per heavy atom. The Balaban J connectivity index is 2.67. The summed E-state index contributed by atoms with van der Waals surface area (Å²) >= 11 is 18.4. The smallest absolute Gasteiger partial charge is 0.236 e. The molecule has 0 N–H and O–H groups in total. The van der Waals surface area contributed by atoms with E-state index in [-0.39, 0.29) is 21.4 Å². The first-order valence-electron chi connectivity index (χ1n) is 6.15. The summed E-state index contributed by atoms with van der Waals surface area (Å²) in [6, 6.07) is 3.45. The van der Waals surface area contributed by atoms with Gasteiger partial charge in [0.15, 0.2) is 5.69 Å². The van der Waals surface area contributed by atoms with Crippen LogP contribution in [-0.2, 0) is 6.18 Å². The van der Waals surface area contributed by atoms with E-state index in [1.54, 1.807) is 6.92 Å². The maximum Gasteiger partial charge on any atom is 0.416 e. The van der Waals surface area contributed by atoms with Crippen LogP contribution < -0.4 is 0 Å². The van der Waals surface area contributed by atoms with Crippen LogP contribution in [0.25, 0.3) is 11.3 Å². The third-order valence-corrected chi connectivity index (χ3v) is 4.85. The van der Waals surface area contributed by atoms with E-state index in [1.807, 2.05) is 6.07 Å². The molecule has 0 aliphatic carbocycles. The molecule has 2 aromatic rings. The van der Waals surface area contributed by atoms with Crippen molar-refractivity contribution in [2.75, 3.05) is 0 Å². The molecule has 0 amide bonds. The number of hydrogen-bond acceptors (Lipinski definition) is 2. The van der Waals surface area contributed by atoms with E-state index in [1.165, 1.54) is 10.9 Å². The molecule has 1 aromatic heterocycles. The number of allylic oxidation sites excluding steroid dienone is 1. The van der Waals surface area contributed by atoms with E-state index < -0.39 is 11.7 Å². The fraction of sp³-hybridized carbons (Fsp3) is 0.143. The second-order valence-electron chi connectivity index (χ2n) is 4.62. The van der Waals surface area contributed by atoms with Gasteiger partial charge in [-0.3, -0.25) is 0 Å². The van der Waals surface area contributed by atoms with Gasteiger partial charge in [-0.2, -0.15) is 23.5 Å². The monoisotopic (exact) mass is 501 g/mol. The minimum atomic E-state index is -4.57. The van der Waals surface area contributed by atoms with Crippen LogP contribution in [0.2, 0.25) is 10.0 Å². The zero-order chi connectivity index (χ0) is 18.2. The predicted molar refractivity (Wildman–Crippen MR) is 93.7 cm³/mol. The number of nitriles is 1. The molecule has 10 heteroatoms. The van der Waals surface area contributed by atoms with Crippen molar-refractivity contribution < 1.29 is 13.2 Å². The molecule has 0 saturated carbocycles. The van der Waals surface area contributed by atoms with Gasteiger partial charge in [-0.1, -0.05) is 23.2 Å². The highest BCUT2D eigenvalue weighted by molar-refractivity contribution is 9.28. The van der Waals surface area contributed by atoms with Crippen LogP contribution in [0.15, 0.2) is 21.7 Å². The van der Waals surface area contributed by atoms with Gasteiger partial charge in [-0.05, 0) is 56.5 Å². The van der Waals surface area contributed by atoms with Crippen LogP contribution in [0.4, 0.5) is 13.2 Å². The second-order valence-corrected chi connectivity index (χ2v) is 8.08. The van der Waals surface area contributed by atoms with Crippen molar-refractivity contribution in [3.8, 4) is 11.8 Å². The average molecular weight is 504 g/mol. The number of halogens is 7. The number of nitrogens with zero attached hydrogens (tertiary/aromatic N) is 3. The molecule has 0 aliphatic heterocycles. The Hall–Kier alpha value is -1.01. The molecule has 0 aliphatic rings. The topological polar surface area (TPSA) is 41.6 Å². The van der Waals surface area contributed by atoms with Crippen molar-refractivity contribution in [1.82, 2.24) is 9.78 Å². The van der Waals surface area contributed by atoms with Crippen molar-refractivity contribution in [1.29, 1.82) is 5.26 Å². The first-order valence-corrected chi connectivity index (χ1v) is 8.49. The Morgan fingerprint density at radius 1 is 1.25 bits per heavy atom. The first-order chi connectivity index (χ1) is 11.1. The van der Waals surface area contributed by atoms with E-state index in [2.05, 4.69) is 37.0 Å². The fourth-order valence-corrected chi connectivity index (χ4v) is 2.98. The summed E-state index contributed by atoms with van der Waals surface area (Å²) in [7, 11) is 0. The minimum absolute atomic E-state index is 0.0626. The van der Waals surface area contributed by atoms with Crippen LogP contribution in [-0.4, -0.2) is 9.78 Å². The molecule has 0 bridgehead atoms. The van der Waals surface area contributed by atoms with Crippen LogP contribution in [0.1, 0.15) is 23.7 Å². The quantitative estimate of drug-likeness (QED) is 0.466. The molecule has 24 heavy (non-hydrogen) atoms. The fourth-order valence-electron chi connectivity index (χ4n) is 1.90. The summed E-state index contributed by atoms with van der Waals surface area (Å²) in [6.45, 7) is 1.73. The highest BCUT2D eigenvalue weighted by Gasteiger charge is 2.32. The lowest BCUT2D eigenvalue weighted by Crippen LogP contribution is -2.07. The third kappa shape index (κ3) is 3.80. The average Bonchev–Trinajstić information content (AvgIpc) is 2.88. The lowest BCUT2D eigenvalue weighted by molar-refractivity contribution is -0.137. The highest BCUT2D eigenvalue weighted by Crippen LogP contribution is 2.38. The summed E-state index contributed by atoms with van der Waals surface area (Å²) in [5, 5.41) is 12.8. The van der Waals surface area contributed by atoms with E-state index >= 15 is 0 Å². The second kappa shape index (κ2) is 7.08.